The summed E-state index contributed by atoms with van der Waals surface area (Å²) in [6.45, 7) is 2.17. The number of imidazole rings is 1. The Morgan fingerprint density at radius 1 is 1.40 bits per heavy atom. The third-order valence-corrected chi connectivity index (χ3v) is 4.02. The van der Waals surface area contributed by atoms with Crippen LogP contribution in [0.5, 0.6) is 5.75 Å². The number of nitrogens with zero attached hydrogens (tertiary/aromatic N) is 2. The number of esters is 1. The van der Waals surface area contributed by atoms with Crippen LogP contribution in [0.15, 0.2) is 36.5 Å². The van der Waals surface area contributed by atoms with Crippen molar-refractivity contribution in [2.45, 2.75) is 20.1 Å². The van der Waals surface area contributed by atoms with Crippen LogP contribution in [0.1, 0.15) is 27.3 Å². The van der Waals surface area contributed by atoms with E-state index in [0.717, 1.165) is 5.69 Å². The molecule has 6 nitrogen and oxygen atoms in total. The molecule has 0 spiro atoms. The predicted octanol–water partition coefficient (Wildman–Crippen LogP) is 3.01. The largest absolute Gasteiger partial charge is 0.467 e. The number of aryl methyl sites for hydroxylation is 1. The van der Waals surface area contributed by atoms with Crippen molar-refractivity contribution in [2.24, 2.45) is 0 Å². The highest BCUT2D eigenvalue weighted by Crippen LogP contribution is 2.30. The lowest BCUT2D eigenvalue weighted by molar-refractivity contribution is -0.0183. The van der Waals surface area contributed by atoms with Gasteiger partial charge in [-0.2, -0.15) is 0 Å². The van der Waals surface area contributed by atoms with E-state index in [1.54, 1.807) is 16.7 Å². The first-order valence-corrected chi connectivity index (χ1v) is 7.75. The standard InChI is InChI=1S/C18H15FN2O4/c1-11-3-2-4-16-20-15(7-21(11)16)18(22)24-9-13-6-14(19)5-12-8-23-10-25-17(12)13/h2-7H,8-10H2,1H3. The number of rotatable bonds is 3. The zero-order valence-electron chi connectivity index (χ0n) is 13.5. The molecule has 0 aliphatic carbocycles. The van der Waals surface area contributed by atoms with Crippen molar-refractivity contribution >= 4 is 11.6 Å². The monoisotopic (exact) mass is 342 g/mol. The Labute approximate surface area is 142 Å². The second kappa shape index (κ2) is 6.18. The molecule has 4 rings (SSSR count). The summed E-state index contributed by atoms with van der Waals surface area (Å²) in [6.07, 6.45) is 1.62. The zero-order chi connectivity index (χ0) is 17.4. The SMILES string of the molecule is Cc1cccc2nc(C(=O)OCc3cc(F)cc4c3OCOC4)cn12. The van der Waals surface area contributed by atoms with Gasteiger partial charge in [-0.1, -0.05) is 6.07 Å². The first-order valence-electron chi connectivity index (χ1n) is 7.75. The molecule has 0 bridgehead atoms. The van der Waals surface area contributed by atoms with Gasteiger partial charge in [-0.15, -0.1) is 0 Å². The van der Waals surface area contributed by atoms with Crippen molar-refractivity contribution in [1.82, 2.24) is 9.38 Å². The average molecular weight is 342 g/mol. The molecule has 0 saturated carbocycles. The molecule has 0 radical (unpaired) electrons. The number of benzene rings is 1. The molecule has 0 unspecified atom stereocenters. The van der Waals surface area contributed by atoms with E-state index < -0.39 is 11.8 Å². The summed E-state index contributed by atoms with van der Waals surface area (Å²) in [5.41, 5.74) is 2.88. The number of ether oxygens (including phenoxy) is 3. The van der Waals surface area contributed by atoms with E-state index >= 15 is 0 Å². The number of hydrogen-bond donors (Lipinski definition) is 0. The summed E-state index contributed by atoms with van der Waals surface area (Å²) in [5, 5.41) is 0. The molecule has 25 heavy (non-hydrogen) atoms. The van der Waals surface area contributed by atoms with Crippen LogP contribution in [0.4, 0.5) is 4.39 Å². The van der Waals surface area contributed by atoms with Gasteiger partial charge in [0.2, 0.25) is 0 Å². The van der Waals surface area contributed by atoms with E-state index in [2.05, 4.69) is 4.98 Å². The highest BCUT2D eigenvalue weighted by Gasteiger charge is 2.19. The molecular weight excluding hydrogens is 327 g/mol. The normalized spacial score (nSPS) is 13.4. The van der Waals surface area contributed by atoms with Crippen LogP contribution in [-0.4, -0.2) is 22.1 Å². The van der Waals surface area contributed by atoms with Gasteiger partial charge in [-0.3, -0.25) is 0 Å². The lowest BCUT2D eigenvalue weighted by atomic mass is 10.1. The number of hydrogen-bond acceptors (Lipinski definition) is 5. The zero-order valence-corrected chi connectivity index (χ0v) is 13.5. The fourth-order valence-electron chi connectivity index (χ4n) is 2.83. The van der Waals surface area contributed by atoms with E-state index in [1.165, 1.54) is 12.1 Å². The summed E-state index contributed by atoms with van der Waals surface area (Å²) in [5.74, 6) is -0.498. The summed E-state index contributed by atoms with van der Waals surface area (Å²) in [4.78, 5) is 16.5. The fourth-order valence-corrected chi connectivity index (χ4v) is 2.83. The summed E-state index contributed by atoms with van der Waals surface area (Å²) in [6, 6.07) is 8.24. The Hall–Kier alpha value is -2.93. The van der Waals surface area contributed by atoms with Crippen LogP contribution in [0, 0.1) is 12.7 Å². The number of carbonyl (C=O) groups is 1. The molecule has 2 aromatic heterocycles. The first-order chi connectivity index (χ1) is 12.1. The van der Waals surface area contributed by atoms with Gasteiger partial charge in [0.25, 0.3) is 0 Å². The number of halogens is 1. The summed E-state index contributed by atoms with van der Waals surface area (Å²) < 4.78 is 31.4. The molecule has 3 heterocycles. The average Bonchev–Trinajstić information content (AvgIpc) is 3.05. The van der Waals surface area contributed by atoms with Crippen LogP contribution in [-0.2, 0) is 22.7 Å². The Morgan fingerprint density at radius 2 is 2.28 bits per heavy atom. The van der Waals surface area contributed by atoms with Gasteiger partial charge < -0.3 is 18.6 Å². The molecule has 128 valence electrons. The third kappa shape index (κ3) is 2.94. The van der Waals surface area contributed by atoms with E-state index in [0.29, 0.717) is 22.5 Å². The van der Waals surface area contributed by atoms with Crippen LogP contribution < -0.4 is 4.74 Å². The molecule has 3 aromatic rings. The van der Waals surface area contributed by atoms with Crippen molar-refractivity contribution in [3.8, 4) is 5.75 Å². The molecule has 0 atom stereocenters. The Kier molecular flexibility index (Phi) is 3.85. The maximum Gasteiger partial charge on any atom is 0.358 e. The maximum atomic E-state index is 13.7. The molecule has 1 aliphatic rings. The Balaban J connectivity index is 1.55. The molecule has 1 aromatic carbocycles. The summed E-state index contributed by atoms with van der Waals surface area (Å²) in [7, 11) is 0. The third-order valence-electron chi connectivity index (χ3n) is 4.02. The highest BCUT2D eigenvalue weighted by molar-refractivity contribution is 5.88. The molecule has 0 fully saturated rings. The number of carbonyl (C=O) groups excluding carboxylic acids is 1. The molecule has 0 amide bonds. The number of aromatic nitrogens is 2. The van der Waals surface area contributed by atoms with Crippen LogP contribution in [0.3, 0.4) is 0 Å². The molecule has 1 aliphatic heterocycles. The topological polar surface area (TPSA) is 62.1 Å². The minimum atomic E-state index is -0.576. The minimum absolute atomic E-state index is 0.0886. The van der Waals surface area contributed by atoms with E-state index in [-0.39, 0.29) is 25.7 Å². The molecule has 0 saturated heterocycles. The molecule has 7 heteroatoms. The molecule has 0 N–H and O–H groups in total. The number of fused-ring (bicyclic) bond motifs is 2. The smallest absolute Gasteiger partial charge is 0.358 e. The van der Waals surface area contributed by atoms with Gasteiger partial charge in [-0.25, -0.2) is 14.2 Å². The van der Waals surface area contributed by atoms with Crippen LogP contribution in [0.2, 0.25) is 0 Å². The van der Waals surface area contributed by atoms with Crippen molar-refractivity contribution in [2.75, 3.05) is 6.79 Å². The second-order valence-corrected chi connectivity index (χ2v) is 5.76. The van der Waals surface area contributed by atoms with Crippen LogP contribution >= 0.6 is 0 Å². The Morgan fingerprint density at radius 3 is 3.12 bits per heavy atom. The second-order valence-electron chi connectivity index (χ2n) is 5.76. The van der Waals surface area contributed by atoms with Gasteiger partial charge >= 0.3 is 5.97 Å². The maximum absolute atomic E-state index is 13.7. The van der Waals surface area contributed by atoms with Crippen molar-refractivity contribution in [3.63, 3.8) is 0 Å². The lowest BCUT2D eigenvalue weighted by Crippen LogP contribution is -2.15. The van der Waals surface area contributed by atoms with Gasteiger partial charge in [0.05, 0.1) is 6.61 Å². The first kappa shape index (κ1) is 15.6. The lowest BCUT2D eigenvalue weighted by Gasteiger charge is -2.20. The van der Waals surface area contributed by atoms with E-state index in [9.17, 15) is 9.18 Å². The quantitative estimate of drug-likeness (QED) is 0.685. The summed E-state index contributed by atoms with van der Waals surface area (Å²) >= 11 is 0. The molecular formula is C18H15FN2O4. The van der Waals surface area contributed by atoms with Crippen molar-refractivity contribution < 1.29 is 23.4 Å². The van der Waals surface area contributed by atoms with Crippen molar-refractivity contribution in [1.29, 1.82) is 0 Å². The van der Waals surface area contributed by atoms with Gasteiger partial charge in [0.1, 0.15) is 23.8 Å². The van der Waals surface area contributed by atoms with Crippen LogP contribution in [0.25, 0.3) is 5.65 Å². The van der Waals surface area contributed by atoms with E-state index in [4.69, 9.17) is 14.2 Å². The van der Waals surface area contributed by atoms with E-state index in [1.807, 2.05) is 19.1 Å². The van der Waals surface area contributed by atoms with Crippen molar-refractivity contribution in [3.05, 3.63) is 64.9 Å². The highest BCUT2D eigenvalue weighted by atomic mass is 19.1. The van der Waals surface area contributed by atoms with Gasteiger partial charge in [-0.05, 0) is 31.2 Å². The predicted molar refractivity (Wildman–Crippen MR) is 85.7 cm³/mol. The minimum Gasteiger partial charge on any atom is -0.467 e. The fraction of sp³-hybridized carbons (Fsp3) is 0.222. The van der Waals surface area contributed by atoms with Gasteiger partial charge in [0, 0.05) is 23.0 Å². The van der Waals surface area contributed by atoms with Gasteiger partial charge in [0.15, 0.2) is 12.5 Å². The number of pyridine rings is 1. The Bertz CT molecular complexity index is 967.